The zero-order valence-corrected chi connectivity index (χ0v) is 14.8. The largest absolute Gasteiger partial charge is 0.490 e. The summed E-state index contributed by atoms with van der Waals surface area (Å²) in [5.74, 6) is -1.51. The van der Waals surface area contributed by atoms with Crippen molar-refractivity contribution in [2.24, 2.45) is 5.10 Å². The molecule has 0 amide bonds. The molecule has 25 heavy (non-hydrogen) atoms. The smallest absolute Gasteiger partial charge is 0.324 e. The number of rotatable bonds is 11. The van der Waals surface area contributed by atoms with Crippen molar-refractivity contribution >= 4 is 29.8 Å². The lowest BCUT2D eigenvalue weighted by Gasteiger charge is -2.15. The van der Waals surface area contributed by atoms with Gasteiger partial charge in [0.1, 0.15) is 13.1 Å². The van der Waals surface area contributed by atoms with Crippen molar-refractivity contribution in [3.8, 4) is 11.5 Å². The van der Waals surface area contributed by atoms with Crippen LogP contribution >= 0.6 is 11.6 Å². The summed E-state index contributed by atoms with van der Waals surface area (Å²) < 4.78 is 11.1. The van der Waals surface area contributed by atoms with Crippen LogP contribution in [0.15, 0.2) is 17.2 Å². The molecule has 0 aliphatic rings. The number of benzene rings is 1. The SMILES string of the molecule is CCCOc1c(Cl)cc(/C=N\N(CC(=O)O)CC(=O)O)cc1OCC. The van der Waals surface area contributed by atoms with E-state index in [1.165, 1.54) is 6.21 Å². The lowest BCUT2D eigenvalue weighted by molar-refractivity contribution is -0.141. The van der Waals surface area contributed by atoms with Gasteiger partial charge >= 0.3 is 11.9 Å². The van der Waals surface area contributed by atoms with Crippen LogP contribution in [0.5, 0.6) is 11.5 Å². The fourth-order valence-corrected chi connectivity index (χ4v) is 2.14. The number of carbonyl (C=O) groups is 2. The van der Waals surface area contributed by atoms with Gasteiger partial charge in [-0.05, 0) is 31.0 Å². The number of carboxylic acids is 2. The second-order valence-corrected chi connectivity index (χ2v) is 5.37. The van der Waals surface area contributed by atoms with Crippen LogP contribution in [0, 0.1) is 0 Å². The molecule has 1 rings (SSSR count). The van der Waals surface area contributed by atoms with Gasteiger partial charge in [-0.15, -0.1) is 0 Å². The molecule has 138 valence electrons. The molecule has 0 spiro atoms. The van der Waals surface area contributed by atoms with E-state index in [2.05, 4.69) is 5.10 Å². The average Bonchev–Trinajstić information content (AvgIpc) is 2.51. The van der Waals surface area contributed by atoms with Crippen molar-refractivity contribution in [3.05, 3.63) is 22.7 Å². The van der Waals surface area contributed by atoms with Gasteiger partial charge in [0.25, 0.3) is 0 Å². The molecule has 0 unspecified atom stereocenters. The monoisotopic (exact) mass is 372 g/mol. The first-order chi connectivity index (χ1) is 11.9. The molecule has 0 fully saturated rings. The van der Waals surface area contributed by atoms with Gasteiger partial charge in [0.15, 0.2) is 11.5 Å². The van der Waals surface area contributed by atoms with E-state index in [0.717, 1.165) is 11.4 Å². The van der Waals surface area contributed by atoms with Crippen LogP contribution in [-0.4, -0.2) is 59.7 Å². The van der Waals surface area contributed by atoms with Crippen LogP contribution in [0.3, 0.4) is 0 Å². The predicted molar refractivity (Wildman–Crippen MR) is 92.8 cm³/mol. The summed E-state index contributed by atoms with van der Waals surface area (Å²) >= 11 is 6.22. The maximum absolute atomic E-state index is 10.8. The zero-order valence-electron chi connectivity index (χ0n) is 14.1. The molecule has 8 nitrogen and oxygen atoms in total. The second-order valence-electron chi connectivity index (χ2n) is 4.97. The minimum absolute atomic E-state index is 0.323. The fourth-order valence-electron chi connectivity index (χ4n) is 1.87. The van der Waals surface area contributed by atoms with Crippen LogP contribution in [0.25, 0.3) is 0 Å². The van der Waals surface area contributed by atoms with Gasteiger partial charge in [-0.1, -0.05) is 18.5 Å². The lowest BCUT2D eigenvalue weighted by Crippen LogP contribution is -2.30. The van der Waals surface area contributed by atoms with Gasteiger partial charge in [0.05, 0.1) is 24.5 Å². The molecular weight excluding hydrogens is 352 g/mol. The van der Waals surface area contributed by atoms with E-state index in [1.54, 1.807) is 12.1 Å². The molecule has 1 aromatic carbocycles. The van der Waals surface area contributed by atoms with E-state index in [1.807, 2.05) is 13.8 Å². The van der Waals surface area contributed by atoms with E-state index in [4.69, 9.17) is 31.3 Å². The summed E-state index contributed by atoms with van der Waals surface area (Å²) in [6.45, 7) is 3.61. The maximum Gasteiger partial charge on any atom is 0.324 e. The summed E-state index contributed by atoms with van der Waals surface area (Å²) in [5, 5.41) is 22.7. The third-order valence-corrected chi connectivity index (χ3v) is 3.07. The standard InChI is InChI=1S/C16H21ClN2O6/c1-3-5-25-16-12(17)6-11(7-13(16)24-4-2)8-18-19(9-14(20)21)10-15(22)23/h6-8H,3-5,9-10H2,1-2H3,(H,20,21)(H,22,23)/b18-8-. The summed E-state index contributed by atoms with van der Waals surface area (Å²) in [6, 6.07) is 3.22. The number of hydrogen-bond acceptors (Lipinski definition) is 6. The molecule has 9 heteroatoms. The summed E-state index contributed by atoms with van der Waals surface area (Å²) in [7, 11) is 0. The Hall–Kier alpha value is -2.48. The van der Waals surface area contributed by atoms with Gasteiger partial charge in [-0.25, -0.2) is 0 Å². The molecule has 0 radical (unpaired) electrons. The molecule has 0 saturated heterocycles. The van der Waals surface area contributed by atoms with Gasteiger partial charge in [0.2, 0.25) is 0 Å². The zero-order chi connectivity index (χ0) is 18.8. The van der Waals surface area contributed by atoms with Crippen molar-refractivity contribution in [1.82, 2.24) is 5.01 Å². The van der Waals surface area contributed by atoms with Crippen LogP contribution < -0.4 is 9.47 Å². The normalized spacial score (nSPS) is 10.7. The highest BCUT2D eigenvalue weighted by atomic mass is 35.5. The lowest BCUT2D eigenvalue weighted by atomic mass is 10.2. The highest BCUT2D eigenvalue weighted by Crippen LogP contribution is 2.36. The van der Waals surface area contributed by atoms with Gasteiger partial charge in [0, 0.05) is 0 Å². The Morgan fingerprint density at radius 1 is 1.20 bits per heavy atom. The number of ether oxygens (including phenoxy) is 2. The number of aliphatic carboxylic acids is 2. The molecule has 0 aromatic heterocycles. The number of halogens is 1. The average molecular weight is 373 g/mol. The number of nitrogens with zero attached hydrogens (tertiary/aromatic N) is 2. The molecule has 0 atom stereocenters. The van der Waals surface area contributed by atoms with Crippen LogP contribution in [-0.2, 0) is 9.59 Å². The van der Waals surface area contributed by atoms with E-state index >= 15 is 0 Å². The minimum atomic E-state index is -1.19. The Kier molecular flexibility index (Phi) is 8.55. The van der Waals surface area contributed by atoms with Crippen LogP contribution in [0.4, 0.5) is 0 Å². The molecule has 0 heterocycles. The molecule has 0 bridgehead atoms. The first kappa shape index (κ1) is 20.6. The molecule has 1 aromatic rings. The van der Waals surface area contributed by atoms with Gasteiger partial charge < -0.3 is 19.7 Å². The van der Waals surface area contributed by atoms with Crippen molar-refractivity contribution in [3.63, 3.8) is 0 Å². The topological polar surface area (TPSA) is 109 Å². The van der Waals surface area contributed by atoms with E-state index in [0.29, 0.717) is 35.3 Å². The van der Waals surface area contributed by atoms with Crippen molar-refractivity contribution in [2.45, 2.75) is 20.3 Å². The number of hydrogen-bond donors (Lipinski definition) is 2. The Labute approximate surface area is 150 Å². The summed E-state index contributed by atoms with van der Waals surface area (Å²) in [4.78, 5) is 21.5. The Balaban J connectivity index is 3.06. The van der Waals surface area contributed by atoms with Crippen LogP contribution in [0.1, 0.15) is 25.8 Å². The van der Waals surface area contributed by atoms with Gasteiger partial charge in [-0.3, -0.25) is 14.6 Å². The van der Waals surface area contributed by atoms with Crippen molar-refractivity contribution < 1.29 is 29.3 Å². The first-order valence-corrected chi connectivity index (χ1v) is 8.06. The quantitative estimate of drug-likeness (QED) is 0.453. The van der Waals surface area contributed by atoms with Crippen molar-refractivity contribution in [2.75, 3.05) is 26.3 Å². The summed E-state index contributed by atoms with van der Waals surface area (Å²) in [5.41, 5.74) is 0.526. The van der Waals surface area contributed by atoms with Gasteiger partial charge in [-0.2, -0.15) is 5.10 Å². The number of carboxylic acid groups (broad SMARTS) is 2. The second kappa shape index (κ2) is 10.4. The Bertz CT molecular complexity index is 619. The summed E-state index contributed by atoms with van der Waals surface area (Å²) in [6.07, 6.45) is 2.13. The molecule has 0 aliphatic heterocycles. The molecule has 2 N–H and O–H groups in total. The third-order valence-electron chi connectivity index (χ3n) is 2.79. The van der Waals surface area contributed by atoms with Crippen molar-refractivity contribution in [1.29, 1.82) is 0 Å². The molecule has 0 aliphatic carbocycles. The van der Waals surface area contributed by atoms with E-state index < -0.39 is 25.0 Å². The maximum atomic E-state index is 10.8. The Morgan fingerprint density at radius 3 is 2.36 bits per heavy atom. The first-order valence-electron chi connectivity index (χ1n) is 7.69. The Morgan fingerprint density at radius 2 is 1.84 bits per heavy atom. The predicted octanol–water partition coefficient (Wildman–Crippen LogP) is 2.33. The van der Waals surface area contributed by atoms with E-state index in [9.17, 15) is 9.59 Å². The van der Waals surface area contributed by atoms with Crippen LogP contribution in [0.2, 0.25) is 5.02 Å². The highest BCUT2D eigenvalue weighted by molar-refractivity contribution is 6.32. The highest BCUT2D eigenvalue weighted by Gasteiger charge is 2.13. The number of hydrazone groups is 1. The third kappa shape index (κ3) is 7.30. The van der Waals surface area contributed by atoms with E-state index in [-0.39, 0.29) is 0 Å². The molecule has 0 saturated carbocycles. The minimum Gasteiger partial charge on any atom is -0.490 e. The fraction of sp³-hybridized carbons (Fsp3) is 0.438. The molecular formula is C16H21ClN2O6.